The van der Waals surface area contributed by atoms with E-state index in [1.54, 1.807) is 11.3 Å². The van der Waals surface area contributed by atoms with Gasteiger partial charge in [0.15, 0.2) is 17.5 Å². The minimum atomic E-state index is 0.596. The molecule has 252 valence electrons. The molecule has 8 aromatic carbocycles. The third kappa shape index (κ3) is 5.17. The molecule has 0 spiro atoms. The Labute approximate surface area is 314 Å². The summed E-state index contributed by atoms with van der Waals surface area (Å²) in [7, 11) is 0. The van der Waals surface area contributed by atoms with E-state index in [9.17, 15) is 0 Å². The summed E-state index contributed by atoms with van der Waals surface area (Å²) in [5.74, 6) is 1.83. The lowest BCUT2D eigenvalue weighted by atomic mass is 9.98. The van der Waals surface area contributed by atoms with E-state index in [4.69, 9.17) is 19.4 Å². The number of rotatable bonds is 5. The second kappa shape index (κ2) is 12.3. The molecular formula is C49H29N3OS. The molecule has 0 bridgehead atoms. The van der Waals surface area contributed by atoms with Crippen molar-refractivity contribution in [2.45, 2.75) is 0 Å². The van der Waals surface area contributed by atoms with Gasteiger partial charge in [0.2, 0.25) is 0 Å². The van der Waals surface area contributed by atoms with Crippen LogP contribution >= 0.6 is 11.3 Å². The summed E-state index contributed by atoms with van der Waals surface area (Å²) < 4.78 is 9.00. The molecule has 0 aliphatic heterocycles. The molecule has 0 radical (unpaired) electrons. The van der Waals surface area contributed by atoms with E-state index < -0.39 is 0 Å². The number of fused-ring (bicyclic) bond motifs is 7. The van der Waals surface area contributed by atoms with Gasteiger partial charge in [-0.3, -0.25) is 0 Å². The van der Waals surface area contributed by atoms with Crippen LogP contribution in [-0.2, 0) is 0 Å². The predicted octanol–water partition coefficient (Wildman–Crippen LogP) is 13.6. The zero-order chi connectivity index (χ0) is 35.6. The Hall–Kier alpha value is -6.95. The Morgan fingerprint density at radius 3 is 1.85 bits per heavy atom. The fourth-order valence-corrected chi connectivity index (χ4v) is 8.71. The first-order valence-corrected chi connectivity index (χ1v) is 18.8. The smallest absolute Gasteiger partial charge is 0.164 e. The van der Waals surface area contributed by atoms with Gasteiger partial charge < -0.3 is 4.42 Å². The van der Waals surface area contributed by atoms with Crippen molar-refractivity contribution in [3.8, 4) is 56.4 Å². The first kappa shape index (κ1) is 30.7. The molecule has 4 nitrogen and oxygen atoms in total. The van der Waals surface area contributed by atoms with Gasteiger partial charge in [0.25, 0.3) is 0 Å². The summed E-state index contributed by atoms with van der Waals surface area (Å²) in [5, 5.41) is 6.89. The fraction of sp³-hybridized carbons (Fsp3) is 0. The molecule has 0 unspecified atom stereocenters. The van der Waals surface area contributed by atoms with Crippen molar-refractivity contribution in [2.24, 2.45) is 0 Å². The standard InChI is InChI=1S/C49H29N3OS/c1-2-10-30(11-3-1)37-28-41(46-39-15-6-8-16-42(39)53-43(46)29-37)49-51-47(33-21-18-32(19-22-33)35-23-20-31-12-4-5-13-34(31)26-35)50-48(52-49)36-24-25-45-40(27-36)38-14-7-9-17-44(38)54-45/h1-29H. The van der Waals surface area contributed by atoms with Gasteiger partial charge in [-0.15, -0.1) is 11.3 Å². The first-order valence-electron chi connectivity index (χ1n) is 18.0. The van der Waals surface area contributed by atoms with E-state index in [0.29, 0.717) is 17.5 Å². The lowest BCUT2D eigenvalue weighted by Crippen LogP contribution is -2.01. The van der Waals surface area contributed by atoms with Crippen LogP contribution in [0.5, 0.6) is 0 Å². The molecule has 0 saturated heterocycles. The topological polar surface area (TPSA) is 51.8 Å². The van der Waals surface area contributed by atoms with Crippen LogP contribution in [0.15, 0.2) is 180 Å². The van der Waals surface area contributed by atoms with Crippen LogP contribution < -0.4 is 0 Å². The van der Waals surface area contributed by atoms with Crippen molar-refractivity contribution < 1.29 is 4.42 Å². The van der Waals surface area contributed by atoms with Gasteiger partial charge in [-0.05, 0) is 81.6 Å². The Morgan fingerprint density at radius 1 is 0.352 bits per heavy atom. The molecule has 11 aromatic rings. The molecule has 54 heavy (non-hydrogen) atoms. The van der Waals surface area contributed by atoms with E-state index in [1.165, 1.54) is 36.5 Å². The molecule has 0 saturated carbocycles. The predicted molar refractivity (Wildman–Crippen MR) is 225 cm³/mol. The van der Waals surface area contributed by atoms with Crippen LogP contribution in [-0.4, -0.2) is 15.0 Å². The van der Waals surface area contributed by atoms with Crippen molar-refractivity contribution in [3.63, 3.8) is 0 Å². The van der Waals surface area contributed by atoms with Gasteiger partial charge in [-0.2, -0.15) is 0 Å². The van der Waals surface area contributed by atoms with E-state index in [1.807, 2.05) is 24.3 Å². The number of aromatic nitrogens is 3. The van der Waals surface area contributed by atoms with Crippen LogP contribution in [0.2, 0.25) is 0 Å². The molecule has 0 atom stereocenters. The number of thiophene rings is 1. The highest BCUT2D eigenvalue weighted by molar-refractivity contribution is 7.25. The van der Waals surface area contributed by atoms with Crippen LogP contribution in [0.4, 0.5) is 0 Å². The highest BCUT2D eigenvalue weighted by Crippen LogP contribution is 2.41. The zero-order valence-corrected chi connectivity index (χ0v) is 29.7. The van der Waals surface area contributed by atoms with Crippen molar-refractivity contribution in [1.29, 1.82) is 0 Å². The summed E-state index contributed by atoms with van der Waals surface area (Å²) in [6, 6.07) is 61.6. The maximum atomic E-state index is 6.50. The van der Waals surface area contributed by atoms with Crippen LogP contribution in [0.1, 0.15) is 0 Å². The Balaban J connectivity index is 1.13. The number of para-hydroxylation sites is 1. The van der Waals surface area contributed by atoms with Gasteiger partial charge in [-0.25, -0.2) is 15.0 Å². The van der Waals surface area contributed by atoms with Crippen LogP contribution in [0.3, 0.4) is 0 Å². The number of hydrogen-bond donors (Lipinski definition) is 0. The molecule has 0 aliphatic carbocycles. The van der Waals surface area contributed by atoms with Crippen molar-refractivity contribution in [3.05, 3.63) is 176 Å². The number of nitrogens with zero attached hydrogens (tertiary/aromatic N) is 3. The highest BCUT2D eigenvalue weighted by atomic mass is 32.1. The van der Waals surface area contributed by atoms with Gasteiger partial charge in [-0.1, -0.05) is 127 Å². The number of furan rings is 1. The minimum Gasteiger partial charge on any atom is -0.456 e. The second-order valence-electron chi connectivity index (χ2n) is 13.6. The summed E-state index contributed by atoms with van der Waals surface area (Å²) in [6.45, 7) is 0. The zero-order valence-electron chi connectivity index (χ0n) is 28.9. The van der Waals surface area contributed by atoms with Crippen LogP contribution in [0.25, 0.3) is 109 Å². The highest BCUT2D eigenvalue weighted by Gasteiger charge is 2.20. The van der Waals surface area contributed by atoms with Crippen molar-refractivity contribution in [2.75, 3.05) is 0 Å². The average molecular weight is 708 g/mol. The first-order chi connectivity index (χ1) is 26.7. The molecule has 0 fully saturated rings. The summed E-state index contributed by atoms with van der Waals surface area (Å²) >= 11 is 1.80. The average Bonchev–Trinajstić information content (AvgIpc) is 3.81. The Bertz CT molecular complexity index is 3220. The second-order valence-corrected chi connectivity index (χ2v) is 14.7. The van der Waals surface area contributed by atoms with E-state index >= 15 is 0 Å². The lowest BCUT2D eigenvalue weighted by Gasteiger charge is -2.12. The summed E-state index contributed by atoms with van der Waals surface area (Å²) in [4.78, 5) is 15.7. The SMILES string of the molecule is c1ccc(-c2cc(-c3nc(-c4ccc(-c5ccc6ccccc6c5)cc4)nc(-c4ccc5sc6ccccc6c5c4)n3)c3c(c2)oc2ccccc23)cc1. The van der Waals surface area contributed by atoms with Gasteiger partial charge >= 0.3 is 0 Å². The van der Waals surface area contributed by atoms with Gasteiger partial charge in [0.1, 0.15) is 11.2 Å². The maximum absolute atomic E-state index is 6.50. The molecule has 5 heteroatoms. The third-order valence-corrected chi connectivity index (χ3v) is 11.5. The van der Waals surface area contributed by atoms with E-state index in [2.05, 4.69) is 152 Å². The molecule has 11 rings (SSSR count). The molecule has 3 heterocycles. The van der Waals surface area contributed by atoms with E-state index in [0.717, 1.165) is 55.3 Å². The fourth-order valence-electron chi connectivity index (χ4n) is 7.63. The lowest BCUT2D eigenvalue weighted by molar-refractivity contribution is 0.669. The summed E-state index contributed by atoms with van der Waals surface area (Å²) in [5.41, 5.74) is 8.80. The van der Waals surface area contributed by atoms with Gasteiger partial charge in [0.05, 0.1) is 0 Å². The Kier molecular flexibility index (Phi) is 7.00. The normalized spacial score (nSPS) is 11.7. The van der Waals surface area contributed by atoms with Gasteiger partial charge in [0, 0.05) is 47.6 Å². The number of hydrogen-bond acceptors (Lipinski definition) is 5. The largest absolute Gasteiger partial charge is 0.456 e. The maximum Gasteiger partial charge on any atom is 0.164 e. The monoisotopic (exact) mass is 707 g/mol. The Morgan fingerprint density at radius 2 is 0.981 bits per heavy atom. The summed E-state index contributed by atoms with van der Waals surface area (Å²) in [6.07, 6.45) is 0. The molecular weight excluding hydrogens is 679 g/mol. The van der Waals surface area contributed by atoms with E-state index in [-0.39, 0.29) is 0 Å². The molecule has 3 aromatic heterocycles. The van der Waals surface area contributed by atoms with Crippen LogP contribution in [0, 0.1) is 0 Å². The van der Waals surface area contributed by atoms with Crippen molar-refractivity contribution in [1.82, 2.24) is 15.0 Å². The molecule has 0 N–H and O–H groups in total. The molecule has 0 aliphatic rings. The quantitative estimate of drug-likeness (QED) is 0.179. The molecule has 0 amide bonds. The third-order valence-electron chi connectivity index (χ3n) is 10.3. The minimum absolute atomic E-state index is 0.596. The number of benzene rings is 8. The van der Waals surface area contributed by atoms with Crippen molar-refractivity contribution >= 4 is 64.2 Å².